The SMILES string of the molecule is CCCCCCC/C=C/NCCCCCCCCC. The Kier molecular flexibility index (Phi) is 17.1. The van der Waals surface area contributed by atoms with Crippen LogP contribution in [-0.2, 0) is 0 Å². The molecule has 0 heterocycles. The Hall–Kier alpha value is -0.460. The lowest BCUT2D eigenvalue weighted by Gasteiger charge is -2.02. The van der Waals surface area contributed by atoms with E-state index in [1.807, 2.05) is 0 Å². The molecular weight excluding hydrogens is 230 g/mol. The van der Waals surface area contributed by atoms with E-state index >= 15 is 0 Å². The van der Waals surface area contributed by atoms with Crippen molar-refractivity contribution in [2.45, 2.75) is 97.3 Å². The number of unbranched alkanes of at least 4 members (excludes halogenated alkanes) is 11. The van der Waals surface area contributed by atoms with Gasteiger partial charge in [-0.05, 0) is 25.5 Å². The minimum atomic E-state index is 1.15. The van der Waals surface area contributed by atoms with E-state index in [2.05, 4.69) is 31.4 Å². The number of allylic oxidation sites excluding steroid dienone is 1. The van der Waals surface area contributed by atoms with Gasteiger partial charge in [0, 0.05) is 6.54 Å². The highest BCUT2D eigenvalue weighted by Crippen LogP contribution is 2.06. The molecule has 0 rings (SSSR count). The zero-order valence-corrected chi connectivity index (χ0v) is 13.6. The van der Waals surface area contributed by atoms with Gasteiger partial charge in [0.05, 0.1) is 0 Å². The van der Waals surface area contributed by atoms with E-state index in [1.54, 1.807) is 0 Å². The van der Waals surface area contributed by atoms with Crippen LogP contribution in [0.4, 0.5) is 0 Å². The molecule has 0 aromatic rings. The molecule has 0 aliphatic carbocycles. The fourth-order valence-corrected chi connectivity index (χ4v) is 2.30. The van der Waals surface area contributed by atoms with Crippen LogP contribution in [0.2, 0.25) is 0 Å². The molecule has 0 unspecified atom stereocenters. The fraction of sp³-hybridized carbons (Fsp3) is 0.889. The second-order valence-electron chi connectivity index (χ2n) is 5.68. The van der Waals surface area contributed by atoms with Crippen molar-refractivity contribution in [3.8, 4) is 0 Å². The second kappa shape index (κ2) is 17.5. The van der Waals surface area contributed by atoms with Crippen molar-refractivity contribution in [1.82, 2.24) is 5.32 Å². The predicted octanol–water partition coefficient (Wildman–Crippen LogP) is 6.20. The normalized spacial score (nSPS) is 11.3. The van der Waals surface area contributed by atoms with Gasteiger partial charge >= 0.3 is 0 Å². The van der Waals surface area contributed by atoms with Gasteiger partial charge in [0.2, 0.25) is 0 Å². The molecule has 0 bridgehead atoms. The van der Waals surface area contributed by atoms with Crippen LogP contribution in [0.1, 0.15) is 97.3 Å². The zero-order chi connectivity index (χ0) is 14.0. The van der Waals surface area contributed by atoms with Crippen LogP contribution in [-0.4, -0.2) is 6.54 Å². The minimum absolute atomic E-state index is 1.15. The van der Waals surface area contributed by atoms with Gasteiger partial charge in [0.25, 0.3) is 0 Å². The average Bonchev–Trinajstić information content (AvgIpc) is 2.43. The molecule has 1 N–H and O–H groups in total. The third kappa shape index (κ3) is 17.5. The van der Waals surface area contributed by atoms with Gasteiger partial charge < -0.3 is 5.32 Å². The minimum Gasteiger partial charge on any atom is -0.391 e. The first-order chi connectivity index (χ1) is 9.41. The van der Waals surface area contributed by atoms with Crippen LogP contribution in [0.15, 0.2) is 12.3 Å². The summed E-state index contributed by atoms with van der Waals surface area (Å²) >= 11 is 0. The van der Waals surface area contributed by atoms with Gasteiger partial charge in [-0.25, -0.2) is 0 Å². The van der Waals surface area contributed by atoms with E-state index < -0.39 is 0 Å². The number of rotatable bonds is 15. The molecule has 0 aliphatic heterocycles. The Bertz CT molecular complexity index is 175. The van der Waals surface area contributed by atoms with Crippen LogP contribution in [0.25, 0.3) is 0 Å². The van der Waals surface area contributed by atoms with Crippen molar-refractivity contribution < 1.29 is 0 Å². The first kappa shape index (κ1) is 18.5. The summed E-state index contributed by atoms with van der Waals surface area (Å²) in [7, 11) is 0. The Morgan fingerprint density at radius 2 is 1.16 bits per heavy atom. The van der Waals surface area contributed by atoms with E-state index in [9.17, 15) is 0 Å². The zero-order valence-electron chi connectivity index (χ0n) is 13.6. The van der Waals surface area contributed by atoms with Crippen LogP contribution in [0.3, 0.4) is 0 Å². The molecule has 0 aromatic carbocycles. The van der Waals surface area contributed by atoms with Crippen molar-refractivity contribution in [2.75, 3.05) is 6.54 Å². The first-order valence-corrected chi connectivity index (χ1v) is 8.80. The van der Waals surface area contributed by atoms with Gasteiger partial charge in [-0.15, -0.1) is 0 Å². The van der Waals surface area contributed by atoms with E-state index in [-0.39, 0.29) is 0 Å². The molecule has 0 radical (unpaired) electrons. The van der Waals surface area contributed by atoms with Crippen LogP contribution >= 0.6 is 0 Å². The molecule has 0 fully saturated rings. The molecule has 0 aliphatic rings. The van der Waals surface area contributed by atoms with Crippen LogP contribution in [0.5, 0.6) is 0 Å². The van der Waals surface area contributed by atoms with Crippen LogP contribution in [0, 0.1) is 0 Å². The van der Waals surface area contributed by atoms with E-state index in [0.29, 0.717) is 0 Å². The molecule has 1 heteroatoms. The summed E-state index contributed by atoms with van der Waals surface area (Å²) in [5.74, 6) is 0. The number of hydrogen-bond donors (Lipinski definition) is 1. The van der Waals surface area contributed by atoms with Crippen molar-refractivity contribution in [2.24, 2.45) is 0 Å². The summed E-state index contributed by atoms with van der Waals surface area (Å²) in [5, 5.41) is 3.41. The summed E-state index contributed by atoms with van der Waals surface area (Å²) in [4.78, 5) is 0. The topological polar surface area (TPSA) is 12.0 Å². The lowest BCUT2D eigenvalue weighted by molar-refractivity contribution is 0.582. The smallest absolute Gasteiger partial charge is 0.0141 e. The van der Waals surface area contributed by atoms with E-state index in [1.165, 1.54) is 83.5 Å². The summed E-state index contributed by atoms with van der Waals surface area (Å²) in [6, 6.07) is 0. The lowest BCUT2D eigenvalue weighted by Crippen LogP contribution is -2.06. The second-order valence-corrected chi connectivity index (χ2v) is 5.68. The highest BCUT2D eigenvalue weighted by Gasteiger charge is 1.90. The largest absolute Gasteiger partial charge is 0.391 e. The van der Waals surface area contributed by atoms with Crippen LogP contribution < -0.4 is 5.32 Å². The van der Waals surface area contributed by atoms with Gasteiger partial charge in [-0.1, -0.05) is 84.1 Å². The van der Waals surface area contributed by atoms with Crippen molar-refractivity contribution in [3.05, 3.63) is 12.3 Å². The lowest BCUT2D eigenvalue weighted by atomic mass is 10.1. The standard InChI is InChI=1S/C18H37N/c1-3-5-7-9-11-13-15-17-19-18-16-14-12-10-8-6-4-2/h15,17,19H,3-14,16,18H2,1-2H3/b17-15+. The number of hydrogen-bond acceptors (Lipinski definition) is 1. The molecule has 0 amide bonds. The van der Waals surface area contributed by atoms with Gasteiger partial charge in [0.15, 0.2) is 0 Å². The maximum Gasteiger partial charge on any atom is 0.0141 e. The molecule has 114 valence electrons. The highest BCUT2D eigenvalue weighted by molar-refractivity contribution is 4.78. The summed E-state index contributed by atoms with van der Waals surface area (Å²) < 4.78 is 0. The average molecular weight is 268 g/mol. The van der Waals surface area contributed by atoms with E-state index in [0.717, 1.165) is 6.54 Å². The van der Waals surface area contributed by atoms with Crippen molar-refractivity contribution >= 4 is 0 Å². The van der Waals surface area contributed by atoms with Crippen molar-refractivity contribution in [3.63, 3.8) is 0 Å². The Morgan fingerprint density at radius 3 is 1.79 bits per heavy atom. The summed E-state index contributed by atoms with van der Waals surface area (Å²) in [5.41, 5.74) is 0. The predicted molar refractivity (Wildman–Crippen MR) is 88.5 cm³/mol. The summed E-state index contributed by atoms with van der Waals surface area (Å²) in [6.07, 6.45) is 22.4. The van der Waals surface area contributed by atoms with E-state index in [4.69, 9.17) is 0 Å². The summed E-state index contributed by atoms with van der Waals surface area (Å²) in [6.45, 7) is 5.70. The van der Waals surface area contributed by atoms with Gasteiger partial charge in [-0.3, -0.25) is 0 Å². The monoisotopic (exact) mass is 267 g/mol. The number of nitrogens with one attached hydrogen (secondary N) is 1. The van der Waals surface area contributed by atoms with Crippen molar-refractivity contribution in [1.29, 1.82) is 0 Å². The van der Waals surface area contributed by atoms with Gasteiger partial charge in [-0.2, -0.15) is 0 Å². The third-order valence-corrected chi connectivity index (χ3v) is 3.63. The molecule has 0 atom stereocenters. The molecular formula is C18H37N. The highest BCUT2D eigenvalue weighted by atomic mass is 14.8. The van der Waals surface area contributed by atoms with Gasteiger partial charge in [0.1, 0.15) is 0 Å². The molecule has 0 aromatic heterocycles. The first-order valence-electron chi connectivity index (χ1n) is 8.80. The molecule has 0 saturated heterocycles. The quantitative estimate of drug-likeness (QED) is 0.348. The molecule has 0 saturated carbocycles. The maximum atomic E-state index is 3.41. The Balaban J connectivity index is 3.00. The molecule has 1 nitrogen and oxygen atoms in total. The third-order valence-electron chi connectivity index (χ3n) is 3.63. The fourth-order valence-electron chi connectivity index (χ4n) is 2.30. The Morgan fingerprint density at radius 1 is 0.632 bits per heavy atom. The molecule has 0 spiro atoms. The maximum absolute atomic E-state index is 3.41. The Labute approximate surface area is 122 Å². The molecule has 19 heavy (non-hydrogen) atoms.